The lowest BCUT2D eigenvalue weighted by atomic mass is 10.00. The van der Waals surface area contributed by atoms with Crippen molar-refractivity contribution in [1.29, 1.82) is 0 Å². The predicted octanol–water partition coefficient (Wildman–Crippen LogP) is 6.27. The van der Waals surface area contributed by atoms with Crippen LogP contribution in [0.1, 0.15) is 42.1 Å². The number of aryl methyl sites for hydroxylation is 1. The van der Waals surface area contributed by atoms with Gasteiger partial charge < -0.3 is 5.11 Å². The minimum Gasteiger partial charge on any atom is -0.388 e. The maximum atomic E-state index is 13.1. The number of aliphatic hydroxyl groups is 1. The smallest absolute Gasteiger partial charge is 0.263 e. The first kappa shape index (κ1) is 19.0. The molecule has 0 radical (unpaired) electrons. The first-order valence-electron chi connectivity index (χ1n) is 7.18. The van der Waals surface area contributed by atoms with E-state index in [1.165, 1.54) is 12.1 Å². The average Bonchev–Trinajstić information content (AvgIpc) is 2.45. The van der Waals surface area contributed by atoms with Gasteiger partial charge >= 0.3 is 0 Å². The molecule has 1 unspecified atom stereocenters. The van der Waals surface area contributed by atoms with Gasteiger partial charge in [0.15, 0.2) is 0 Å². The maximum Gasteiger partial charge on any atom is 0.263 e. The van der Waals surface area contributed by atoms with Crippen molar-refractivity contribution in [1.82, 2.24) is 0 Å². The van der Waals surface area contributed by atoms with E-state index >= 15 is 0 Å². The number of rotatable bonds is 6. The summed E-state index contributed by atoms with van der Waals surface area (Å²) in [6.07, 6.45) is -2.81. The van der Waals surface area contributed by atoms with Crippen LogP contribution in [0.4, 0.5) is 17.6 Å². The fourth-order valence-electron chi connectivity index (χ4n) is 2.45. The first-order chi connectivity index (χ1) is 11.3. The molecule has 0 saturated carbocycles. The van der Waals surface area contributed by atoms with Crippen LogP contribution in [0.2, 0.25) is 10.0 Å². The lowest BCUT2D eigenvalue weighted by molar-refractivity contribution is 0.150. The molecule has 7 heteroatoms. The standard InChI is InChI=1S/C17H14Cl2F4O/c18-13-6-10(17(22)23)7-14(19)16(13)15(24)3-1-2-9-4-11(20)8-12(21)5-9/h4-8,15,17,24H,1-3H2. The monoisotopic (exact) mass is 380 g/mol. The van der Waals surface area contributed by atoms with E-state index in [-0.39, 0.29) is 27.6 Å². The van der Waals surface area contributed by atoms with Crippen molar-refractivity contribution in [2.45, 2.75) is 31.8 Å². The van der Waals surface area contributed by atoms with Crippen LogP contribution in [0.5, 0.6) is 0 Å². The zero-order valence-electron chi connectivity index (χ0n) is 12.4. The number of halogens is 6. The highest BCUT2D eigenvalue weighted by Crippen LogP contribution is 2.36. The van der Waals surface area contributed by atoms with Crippen molar-refractivity contribution in [3.63, 3.8) is 0 Å². The summed E-state index contributed by atoms with van der Waals surface area (Å²) in [5.74, 6) is -1.33. The lowest BCUT2D eigenvalue weighted by Gasteiger charge is -2.16. The summed E-state index contributed by atoms with van der Waals surface area (Å²) in [6, 6.07) is 5.35. The number of aliphatic hydroxyl groups excluding tert-OH is 1. The largest absolute Gasteiger partial charge is 0.388 e. The van der Waals surface area contributed by atoms with Crippen molar-refractivity contribution in [2.75, 3.05) is 0 Å². The van der Waals surface area contributed by atoms with Gasteiger partial charge in [-0.15, -0.1) is 0 Å². The van der Waals surface area contributed by atoms with Crippen LogP contribution in [-0.2, 0) is 6.42 Å². The molecule has 2 aromatic rings. The molecule has 1 atom stereocenters. The number of hydrogen-bond donors (Lipinski definition) is 1. The predicted molar refractivity (Wildman–Crippen MR) is 85.7 cm³/mol. The molecule has 0 aliphatic heterocycles. The Labute approximate surface area is 146 Å². The van der Waals surface area contributed by atoms with E-state index in [1.54, 1.807) is 0 Å². The van der Waals surface area contributed by atoms with Crippen LogP contribution in [0.3, 0.4) is 0 Å². The zero-order chi connectivity index (χ0) is 17.9. The Morgan fingerprint density at radius 1 is 0.917 bits per heavy atom. The van der Waals surface area contributed by atoms with Crippen LogP contribution in [-0.4, -0.2) is 5.11 Å². The second-order valence-electron chi connectivity index (χ2n) is 5.38. The van der Waals surface area contributed by atoms with Gasteiger partial charge in [-0.05, 0) is 49.1 Å². The Bertz CT molecular complexity index is 678. The summed E-state index contributed by atoms with van der Waals surface area (Å²) >= 11 is 11.9. The molecule has 0 fully saturated rings. The Kier molecular flexibility index (Phi) is 6.49. The molecule has 2 rings (SSSR count). The first-order valence-corrected chi connectivity index (χ1v) is 7.93. The van der Waals surface area contributed by atoms with Crippen molar-refractivity contribution in [2.24, 2.45) is 0 Å². The summed E-state index contributed by atoms with van der Waals surface area (Å²) in [5.41, 5.74) is 0.314. The molecule has 24 heavy (non-hydrogen) atoms. The summed E-state index contributed by atoms with van der Waals surface area (Å²) < 4.78 is 51.6. The molecule has 0 amide bonds. The zero-order valence-corrected chi connectivity index (χ0v) is 13.9. The molecular formula is C17H14Cl2F4O. The third-order valence-corrected chi connectivity index (χ3v) is 4.18. The highest BCUT2D eigenvalue weighted by Gasteiger charge is 2.19. The van der Waals surface area contributed by atoms with Crippen LogP contribution in [0.15, 0.2) is 30.3 Å². The van der Waals surface area contributed by atoms with Gasteiger partial charge in [0.25, 0.3) is 6.43 Å². The van der Waals surface area contributed by atoms with Gasteiger partial charge in [0.2, 0.25) is 0 Å². The lowest BCUT2D eigenvalue weighted by Crippen LogP contribution is -2.02. The molecule has 1 nitrogen and oxygen atoms in total. The minimum absolute atomic E-state index is 0.0397. The van der Waals surface area contributed by atoms with E-state index in [4.69, 9.17) is 23.2 Å². The molecule has 0 heterocycles. The van der Waals surface area contributed by atoms with E-state index in [9.17, 15) is 22.7 Å². The summed E-state index contributed by atoms with van der Waals surface area (Å²) in [6.45, 7) is 0. The second-order valence-corrected chi connectivity index (χ2v) is 6.20. The number of alkyl halides is 2. The van der Waals surface area contributed by atoms with Crippen molar-refractivity contribution >= 4 is 23.2 Å². The van der Waals surface area contributed by atoms with E-state index in [2.05, 4.69) is 0 Å². The third kappa shape index (κ3) is 4.85. The molecule has 130 valence electrons. The summed E-state index contributed by atoms with van der Waals surface area (Å²) in [4.78, 5) is 0. The Hall–Kier alpha value is -1.30. The molecule has 0 saturated heterocycles. The highest BCUT2D eigenvalue weighted by atomic mass is 35.5. The van der Waals surface area contributed by atoms with Crippen molar-refractivity contribution in [3.05, 3.63) is 68.7 Å². The molecule has 1 N–H and O–H groups in total. The second kappa shape index (κ2) is 8.19. The Balaban J connectivity index is 2.03. The summed E-state index contributed by atoms with van der Waals surface area (Å²) in [5, 5.41) is 10.1. The quantitative estimate of drug-likeness (QED) is 0.585. The van der Waals surface area contributed by atoms with Crippen molar-refractivity contribution in [3.8, 4) is 0 Å². The molecular weight excluding hydrogens is 367 g/mol. The fourth-order valence-corrected chi connectivity index (χ4v) is 3.20. The van der Waals surface area contributed by atoms with Gasteiger partial charge in [-0.1, -0.05) is 23.2 Å². The van der Waals surface area contributed by atoms with Crippen molar-refractivity contribution < 1.29 is 22.7 Å². The molecule has 0 spiro atoms. The SMILES string of the molecule is OC(CCCc1cc(F)cc(F)c1)c1c(Cl)cc(C(F)F)cc1Cl. The normalized spacial score (nSPS) is 12.7. The van der Waals surface area contributed by atoms with Crippen LogP contribution in [0, 0.1) is 11.6 Å². The molecule has 0 aliphatic rings. The molecule has 0 aliphatic carbocycles. The number of benzene rings is 2. The third-order valence-electron chi connectivity index (χ3n) is 3.55. The highest BCUT2D eigenvalue weighted by molar-refractivity contribution is 6.36. The van der Waals surface area contributed by atoms with Gasteiger partial charge in [0, 0.05) is 27.2 Å². The van der Waals surface area contributed by atoms with Crippen LogP contribution < -0.4 is 0 Å². The van der Waals surface area contributed by atoms with Crippen LogP contribution in [0.25, 0.3) is 0 Å². The van der Waals surface area contributed by atoms with Crippen LogP contribution >= 0.6 is 23.2 Å². The number of hydrogen-bond acceptors (Lipinski definition) is 1. The Morgan fingerprint density at radius 3 is 1.96 bits per heavy atom. The summed E-state index contributed by atoms with van der Waals surface area (Å²) in [7, 11) is 0. The van der Waals surface area contributed by atoms with E-state index in [0.717, 1.165) is 18.2 Å². The fraction of sp³-hybridized carbons (Fsp3) is 0.294. The molecule has 0 aromatic heterocycles. The van der Waals surface area contributed by atoms with Gasteiger partial charge in [-0.2, -0.15) is 0 Å². The minimum atomic E-state index is -2.71. The van der Waals surface area contributed by atoms with Gasteiger partial charge in [0.1, 0.15) is 11.6 Å². The molecule has 0 bridgehead atoms. The average molecular weight is 381 g/mol. The van der Waals surface area contributed by atoms with Gasteiger partial charge in [-0.3, -0.25) is 0 Å². The molecule has 2 aromatic carbocycles. The van der Waals surface area contributed by atoms with Gasteiger partial charge in [-0.25, -0.2) is 17.6 Å². The van der Waals surface area contributed by atoms with E-state index in [0.29, 0.717) is 18.4 Å². The van der Waals surface area contributed by atoms with E-state index < -0.39 is 24.2 Å². The Morgan fingerprint density at radius 2 is 1.46 bits per heavy atom. The van der Waals surface area contributed by atoms with Gasteiger partial charge in [0.05, 0.1) is 6.10 Å². The maximum absolute atomic E-state index is 13.1. The van der Waals surface area contributed by atoms with E-state index in [1.807, 2.05) is 0 Å². The topological polar surface area (TPSA) is 20.2 Å².